The van der Waals surface area contributed by atoms with Crippen LogP contribution >= 0.6 is 11.6 Å². The van der Waals surface area contributed by atoms with E-state index in [0.717, 1.165) is 17.7 Å². The van der Waals surface area contributed by atoms with Gasteiger partial charge >= 0.3 is 0 Å². The van der Waals surface area contributed by atoms with Crippen molar-refractivity contribution in [1.29, 1.82) is 0 Å². The Balaban J connectivity index is 1.51. The average molecular weight is 345 g/mol. The Morgan fingerprint density at radius 2 is 2.25 bits per heavy atom. The van der Waals surface area contributed by atoms with Crippen molar-refractivity contribution >= 4 is 23.2 Å². The van der Waals surface area contributed by atoms with Crippen LogP contribution in [0.5, 0.6) is 0 Å². The van der Waals surface area contributed by atoms with Crippen LogP contribution in [-0.4, -0.2) is 26.5 Å². The Morgan fingerprint density at radius 1 is 1.42 bits per heavy atom. The zero-order valence-electron chi connectivity index (χ0n) is 12.8. The summed E-state index contributed by atoms with van der Waals surface area (Å²) in [6, 6.07) is 6.58. The molecule has 1 aliphatic carbocycles. The van der Waals surface area contributed by atoms with Crippen molar-refractivity contribution in [3.63, 3.8) is 0 Å². The molecule has 1 amide bonds. The number of benzene rings is 1. The van der Waals surface area contributed by atoms with Gasteiger partial charge in [-0.05, 0) is 37.1 Å². The van der Waals surface area contributed by atoms with Crippen molar-refractivity contribution in [3.8, 4) is 0 Å². The van der Waals surface area contributed by atoms with Crippen LogP contribution in [0, 0.1) is 12.7 Å². The predicted octanol–water partition coefficient (Wildman–Crippen LogP) is 3.12. The molecule has 24 heavy (non-hydrogen) atoms. The fourth-order valence-corrected chi connectivity index (χ4v) is 2.95. The number of carbonyl (C=O) groups is 1. The number of amides is 1. The molecule has 0 bridgehead atoms. The predicted molar refractivity (Wildman–Crippen MR) is 87.7 cm³/mol. The average Bonchev–Trinajstić information content (AvgIpc) is 3.18. The molecule has 2 atom stereocenters. The first-order valence-corrected chi connectivity index (χ1v) is 7.97. The van der Waals surface area contributed by atoms with Gasteiger partial charge in [-0.25, -0.2) is 13.9 Å². The summed E-state index contributed by atoms with van der Waals surface area (Å²) in [6.07, 6.45) is 4.06. The molecular weight excluding hydrogens is 331 g/mol. The molecule has 122 valence electrons. The Labute approximate surface area is 142 Å². The van der Waals surface area contributed by atoms with Gasteiger partial charge in [0.1, 0.15) is 11.4 Å². The zero-order valence-corrected chi connectivity index (χ0v) is 13.6. The van der Waals surface area contributed by atoms with Gasteiger partial charge < -0.3 is 5.32 Å². The van der Waals surface area contributed by atoms with Gasteiger partial charge in [-0.1, -0.05) is 17.7 Å². The maximum atomic E-state index is 13.6. The van der Waals surface area contributed by atoms with Crippen molar-refractivity contribution < 1.29 is 9.18 Å². The second kappa shape index (κ2) is 5.56. The lowest BCUT2D eigenvalue weighted by Gasteiger charge is -2.05. The van der Waals surface area contributed by atoms with E-state index >= 15 is 0 Å². The van der Waals surface area contributed by atoms with E-state index in [4.69, 9.17) is 11.6 Å². The molecule has 3 aromatic rings. The Morgan fingerprint density at radius 3 is 3.04 bits per heavy atom. The number of fused-ring (bicyclic) bond motifs is 1. The number of aromatic nitrogens is 3. The monoisotopic (exact) mass is 344 g/mol. The molecule has 0 unspecified atom stereocenters. The highest BCUT2D eigenvalue weighted by molar-refractivity contribution is 6.30. The second-order valence-electron chi connectivity index (χ2n) is 5.99. The first-order chi connectivity index (χ1) is 11.5. The number of nitrogens with zero attached hydrogens (tertiary/aromatic N) is 3. The number of carbonyl (C=O) groups excluding carboxylic acids is 1. The van der Waals surface area contributed by atoms with Gasteiger partial charge in [0.05, 0.1) is 11.2 Å². The summed E-state index contributed by atoms with van der Waals surface area (Å²) in [7, 11) is 0. The lowest BCUT2D eigenvalue weighted by Crippen LogP contribution is -2.26. The molecular formula is C17H14ClFN4O. The summed E-state index contributed by atoms with van der Waals surface area (Å²) in [4.78, 5) is 16.8. The summed E-state index contributed by atoms with van der Waals surface area (Å²) >= 11 is 5.70. The van der Waals surface area contributed by atoms with Crippen LogP contribution in [0.25, 0.3) is 5.65 Å². The third-order valence-electron chi connectivity index (χ3n) is 4.23. The van der Waals surface area contributed by atoms with E-state index in [1.807, 2.05) is 13.0 Å². The minimum absolute atomic E-state index is 0.0159. The van der Waals surface area contributed by atoms with Gasteiger partial charge in [0.15, 0.2) is 5.65 Å². The smallest absolute Gasteiger partial charge is 0.257 e. The second-order valence-corrected chi connectivity index (χ2v) is 6.40. The summed E-state index contributed by atoms with van der Waals surface area (Å²) in [5.41, 5.74) is 2.63. The number of halogens is 2. The van der Waals surface area contributed by atoms with Gasteiger partial charge in [0, 0.05) is 23.9 Å². The minimum Gasteiger partial charge on any atom is -0.348 e. The molecule has 1 aromatic carbocycles. The molecule has 4 rings (SSSR count). The number of hydrogen-bond acceptors (Lipinski definition) is 3. The molecule has 0 aliphatic heterocycles. The maximum Gasteiger partial charge on any atom is 0.257 e. The van der Waals surface area contributed by atoms with Crippen molar-refractivity contribution in [3.05, 3.63) is 64.3 Å². The van der Waals surface area contributed by atoms with Gasteiger partial charge in [-0.15, -0.1) is 0 Å². The summed E-state index contributed by atoms with van der Waals surface area (Å²) in [5.74, 6) is -0.546. The molecule has 7 heteroatoms. The molecule has 1 saturated carbocycles. The minimum atomic E-state index is -0.437. The van der Waals surface area contributed by atoms with Crippen molar-refractivity contribution in [2.75, 3.05) is 0 Å². The summed E-state index contributed by atoms with van der Waals surface area (Å²) in [6.45, 7) is 1.86. The zero-order chi connectivity index (χ0) is 16.8. The fraction of sp³-hybridized carbons (Fsp3) is 0.235. The van der Waals surface area contributed by atoms with Gasteiger partial charge in [0.2, 0.25) is 0 Å². The van der Waals surface area contributed by atoms with Crippen LogP contribution in [-0.2, 0) is 0 Å². The van der Waals surface area contributed by atoms with E-state index in [-0.39, 0.29) is 22.9 Å². The summed E-state index contributed by atoms with van der Waals surface area (Å²) in [5, 5.41) is 7.20. The summed E-state index contributed by atoms with van der Waals surface area (Å²) < 4.78 is 15.1. The van der Waals surface area contributed by atoms with E-state index in [9.17, 15) is 9.18 Å². The molecule has 0 spiro atoms. The highest BCUT2D eigenvalue weighted by Gasteiger charge is 2.40. The van der Waals surface area contributed by atoms with Crippen LogP contribution in [0.15, 0.2) is 36.7 Å². The molecule has 1 fully saturated rings. The number of hydrogen-bond donors (Lipinski definition) is 1. The van der Waals surface area contributed by atoms with E-state index in [2.05, 4.69) is 15.4 Å². The third-order valence-corrected chi connectivity index (χ3v) is 4.54. The first-order valence-electron chi connectivity index (χ1n) is 7.60. The first kappa shape index (κ1) is 15.1. The number of rotatable bonds is 3. The van der Waals surface area contributed by atoms with Gasteiger partial charge in [-0.3, -0.25) is 4.79 Å². The molecule has 5 nitrogen and oxygen atoms in total. The van der Waals surface area contributed by atoms with Crippen LogP contribution in [0.2, 0.25) is 5.02 Å². The Hall–Kier alpha value is -2.47. The largest absolute Gasteiger partial charge is 0.348 e. The highest BCUT2D eigenvalue weighted by atomic mass is 35.5. The lowest BCUT2D eigenvalue weighted by molar-refractivity contribution is 0.0951. The normalized spacial score (nSPS) is 19.5. The number of nitrogens with one attached hydrogen (secondary N) is 1. The van der Waals surface area contributed by atoms with Crippen molar-refractivity contribution in [2.45, 2.75) is 25.3 Å². The van der Waals surface area contributed by atoms with E-state index in [0.29, 0.717) is 11.2 Å². The Kier molecular flexibility index (Phi) is 3.49. The maximum absolute atomic E-state index is 13.6. The van der Waals surface area contributed by atoms with Crippen LogP contribution in [0.1, 0.15) is 34.0 Å². The molecule has 0 radical (unpaired) electrons. The lowest BCUT2D eigenvalue weighted by atomic mass is 10.1. The third kappa shape index (κ3) is 2.63. The quantitative estimate of drug-likeness (QED) is 0.794. The highest BCUT2D eigenvalue weighted by Crippen LogP contribution is 2.41. The molecule has 0 saturated heterocycles. The van der Waals surface area contributed by atoms with Crippen LogP contribution in [0.3, 0.4) is 0 Å². The topological polar surface area (TPSA) is 59.3 Å². The Bertz CT molecular complexity index is 955. The van der Waals surface area contributed by atoms with E-state index in [1.54, 1.807) is 22.8 Å². The molecule has 2 aromatic heterocycles. The standard InChI is InChI=1S/C17H14ClFN4O/c1-9-4-5-23-16(21-9)12(8-20-23)17(24)22-15-7-11(15)10-2-3-13(18)14(19)6-10/h2-6,8,11,15H,7H2,1H3,(H,22,24)/t11-,15+/m0/s1. The molecule has 1 aliphatic rings. The van der Waals surface area contributed by atoms with Crippen molar-refractivity contribution in [1.82, 2.24) is 19.9 Å². The van der Waals surface area contributed by atoms with E-state index in [1.165, 1.54) is 12.3 Å². The van der Waals surface area contributed by atoms with Gasteiger partial charge in [0.25, 0.3) is 5.91 Å². The number of aryl methyl sites for hydroxylation is 1. The fourth-order valence-electron chi connectivity index (χ4n) is 2.83. The van der Waals surface area contributed by atoms with Crippen molar-refractivity contribution in [2.24, 2.45) is 0 Å². The van der Waals surface area contributed by atoms with Crippen LogP contribution in [0.4, 0.5) is 4.39 Å². The van der Waals surface area contributed by atoms with Crippen LogP contribution < -0.4 is 5.32 Å². The molecule has 2 heterocycles. The van der Waals surface area contributed by atoms with E-state index < -0.39 is 5.82 Å². The SMILES string of the molecule is Cc1ccn2ncc(C(=O)N[C@@H]3C[C@H]3c3ccc(Cl)c(F)c3)c2n1. The molecule has 1 N–H and O–H groups in total. The van der Waals surface area contributed by atoms with Gasteiger partial charge in [-0.2, -0.15) is 5.10 Å².